The number of carbonyl (C=O) groups is 3. The van der Waals surface area contributed by atoms with Gasteiger partial charge in [0.25, 0.3) is 0 Å². The van der Waals surface area contributed by atoms with Crippen molar-refractivity contribution in [3.8, 4) is 0 Å². The number of amides is 3. The molecular formula is C20H19FN2O3S. The van der Waals surface area contributed by atoms with Crippen molar-refractivity contribution in [1.82, 2.24) is 0 Å². The average Bonchev–Trinajstić information content (AvgIpc) is 2.87. The Morgan fingerprint density at radius 3 is 2.41 bits per heavy atom. The molecule has 1 unspecified atom stereocenters. The monoisotopic (exact) mass is 386 g/mol. The first-order valence-electron chi connectivity index (χ1n) is 8.45. The van der Waals surface area contributed by atoms with Crippen molar-refractivity contribution in [3.63, 3.8) is 0 Å². The molecule has 0 spiro atoms. The molecular weight excluding hydrogens is 367 g/mol. The molecule has 7 heteroatoms. The molecule has 1 heterocycles. The Morgan fingerprint density at radius 2 is 1.78 bits per heavy atom. The molecule has 1 fully saturated rings. The van der Waals surface area contributed by atoms with Crippen LogP contribution in [-0.2, 0) is 14.4 Å². The Kier molecular flexibility index (Phi) is 5.60. The van der Waals surface area contributed by atoms with E-state index in [-0.39, 0.29) is 29.9 Å². The summed E-state index contributed by atoms with van der Waals surface area (Å²) in [6, 6.07) is 10.9. The highest BCUT2D eigenvalue weighted by Gasteiger charge is 2.40. The van der Waals surface area contributed by atoms with Crippen molar-refractivity contribution >= 4 is 40.9 Å². The van der Waals surface area contributed by atoms with Gasteiger partial charge in [0.15, 0.2) is 0 Å². The Balaban J connectivity index is 1.59. The van der Waals surface area contributed by atoms with Crippen LogP contribution in [0.5, 0.6) is 0 Å². The molecule has 1 N–H and O–H groups in total. The number of hydrogen-bond donors (Lipinski definition) is 1. The van der Waals surface area contributed by atoms with Gasteiger partial charge < -0.3 is 5.32 Å². The predicted octanol–water partition coefficient (Wildman–Crippen LogP) is 3.45. The Labute approximate surface area is 160 Å². The summed E-state index contributed by atoms with van der Waals surface area (Å²) in [5.74, 6) is -1.33. The normalized spacial score (nSPS) is 16.7. The fraction of sp³-hybridized carbons (Fsp3) is 0.250. The highest BCUT2D eigenvalue weighted by molar-refractivity contribution is 8.01. The zero-order valence-electron chi connectivity index (χ0n) is 15.0. The van der Waals surface area contributed by atoms with Gasteiger partial charge in [-0.3, -0.25) is 14.4 Å². The minimum atomic E-state index is -0.618. The lowest BCUT2D eigenvalue weighted by atomic mass is 10.1. The highest BCUT2D eigenvalue weighted by Crippen LogP contribution is 2.29. The van der Waals surface area contributed by atoms with Crippen molar-refractivity contribution in [2.24, 2.45) is 0 Å². The predicted molar refractivity (Wildman–Crippen MR) is 104 cm³/mol. The van der Waals surface area contributed by atoms with Crippen LogP contribution < -0.4 is 10.2 Å². The van der Waals surface area contributed by atoms with Gasteiger partial charge in [-0.25, -0.2) is 9.29 Å². The number of thioether (sulfide) groups is 1. The zero-order chi connectivity index (χ0) is 19.6. The minimum absolute atomic E-state index is 0.0255. The molecule has 0 aliphatic carbocycles. The molecule has 1 atom stereocenters. The second-order valence-electron chi connectivity index (χ2n) is 6.47. The summed E-state index contributed by atoms with van der Waals surface area (Å²) in [5, 5.41) is 2.19. The van der Waals surface area contributed by atoms with E-state index in [2.05, 4.69) is 5.32 Å². The van der Waals surface area contributed by atoms with Crippen molar-refractivity contribution < 1.29 is 18.8 Å². The molecule has 3 rings (SSSR count). The van der Waals surface area contributed by atoms with Crippen molar-refractivity contribution in [2.45, 2.75) is 25.5 Å². The Hall–Kier alpha value is -2.67. The van der Waals surface area contributed by atoms with Crippen LogP contribution in [0.25, 0.3) is 0 Å². The Morgan fingerprint density at radius 1 is 1.15 bits per heavy atom. The van der Waals surface area contributed by atoms with Crippen LogP contribution in [0.2, 0.25) is 0 Å². The SMILES string of the molecule is Cc1cc(C)cc(NC(=O)CSC2CC(=O)N(c3ccc(F)cc3)C2=O)c1. The summed E-state index contributed by atoms with van der Waals surface area (Å²) in [6.07, 6.45) is 0.0255. The minimum Gasteiger partial charge on any atom is -0.325 e. The van der Waals surface area contributed by atoms with Gasteiger partial charge in [0.1, 0.15) is 5.82 Å². The van der Waals surface area contributed by atoms with E-state index in [1.807, 2.05) is 32.0 Å². The van der Waals surface area contributed by atoms with Crippen LogP contribution in [0, 0.1) is 19.7 Å². The van der Waals surface area contributed by atoms with E-state index in [1.54, 1.807) is 0 Å². The number of halogens is 1. The number of hydrogen-bond acceptors (Lipinski definition) is 4. The van der Waals surface area contributed by atoms with Crippen LogP contribution in [0.3, 0.4) is 0 Å². The summed E-state index contributed by atoms with van der Waals surface area (Å²) in [5.41, 5.74) is 3.14. The molecule has 3 amide bonds. The van der Waals surface area contributed by atoms with E-state index in [0.29, 0.717) is 11.4 Å². The van der Waals surface area contributed by atoms with E-state index in [9.17, 15) is 18.8 Å². The maximum Gasteiger partial charge on any atom is 0.247 e. The van der Waals surface area contributed by atoms with Gasteiger partial charge >= 0.3 is 0 Å². The van der Waals surface area contributed by atoms with Crippen molar-refractivity contribution in [3.05, 3.63) is 59.4 Å². The fourth-order valence-electron chi connectivity index (χ4n) is 3.02. The van der Waals surface area contributed by atoms with Gasteiger partial charge in [0.2, 0.25) is 17.7 Å². The molecule has 1 aliphatic rings. The van der Waals surface area contributed by atoms with Gasteiger partial charge in [-0.1, -0.05) is 6.07 Å². The summed E-state index contributed by atoms with van der Waals surface area (Å²) in [6.45, 7) is 3.90. The van der Waals surface area contributed by atoms with Crippen LogP contribution >= 0.6 is 11.8 Å². The molecule has 0 radical (unpaired) electrons. The summed E-state index contributed by atoms with van der Waals surface area (Å²) in [7, 11) is 0. The summed E-state index contributed by atoms with van der Waals surface area (Å²) < 4.78 is 13.0. The van der Waals surface area contributed by atoms with Gasteiger partial charge in [0, 0.05) is 12.1 Å². The van der Waals surface area contributed by atoms with Gasteiger partial charge in [-0.15, -0.1) is 11.8 Å². The third-order valence-corrected chi connectivity index (χ3v) is 5.31. The number of carbonyl (C=O) groups excluding carboxylic acids is 3. The van der Waals surface area contributed by atoms with Crippen LogP contribution in [-0.4, -0.2) is 28.7 Å². The fourth-order valence-corrected chi connectivity index (χ4v) is 3.95. The number of aryl methyl sites for hydroxylation is 2. The molecule has 1 saturated heterocycles. The maximum absolute atomic E-state index is 13.0. The number of nitrogens with one attached hydrogen (secondary N) is 1. The molecule has 140 valence electrons. The maximum atomic E-state index is 13.0. The van der Waals surface area contributed by atoms with Gasteiger partial charge in [-0.05, 0) is 61.4 Å². The van der Waals surface area contributed by atoms with E-state index in [0.717, 1.165) is 27.8 Å². The number of imide groups is 1. The lowest BCUT2D eigenvalue weighted by Gasteiger charge is -2.14. The molecule has 0 bridgehead atoms. The molecule has 0 aromatic heterocycles. The average molecular weight is 386 g/mol. The number of anilines is 2. The molecule has 27 heavy (non-hydrogen) atoms. The molecule has 5 nitrogen and oxygen atoms in total. The number of rotatable bonds is 5. The van der Waals surface area contributed by atoms with E-state index in [4.69, 9.17) is 0 Å². The second-order valence-corrected chi connectivity index (χ2v) is 7.66. The molecule has 1 aliphatic heterocycles. The number of benzene rings is 2. The smallest absolute Gasteiger partial charge is 0.247 e. The first-order chi connectivity index (χ1) is 12.8. The standard InChI is InChI=1S/C20H19FN2O3S/c1-12-7-13(2)9-15(8-12)22-18(24)11-27-17-10-19(25)23(20(17)26)16-5-3-14(21)4-6-16/h3-9,17H,10-11H2,1-2H3,(H,22,24). The highest BCUT2D eigenvalue weighted by atomic mass is 32.2. The topological polar surface area (TPSA) is 66.5 Å². The third-order valence-electron chi connectivity index (χ3n) is 4.11. The molecule has 2 aromatic carbocycles. The van der Waals surface area contributed by atoms with Gasteiger partial charge in [-0.2, -0.15) is 0 Å². The van der Waals surface area contributed by atoms with Crippen molar-refractivity contribution in [1.29, 1.82) is 0 Å². The van der Waals surface area contributed by atoms with E-state index in [1.165, 1.54) is 24.3 Å². The quantitative estimate of drug-likeness (QED) is 0.800. The summed E-state index contributed by atoms with van der Waals surface area (Å²) >= 11 is 1.14. The molecule has 0 saturated carbocycles. The first kappa shape index (κ1) is 19.1. The van der Waals surface area contributed by atoms with Crippen LogP contribution in [0.1, 0.15) is 17.5 Å². The summed E-state index contributed by atoms with van der Waals surface area (Å²) in [4.78, 5) is 37.9. The van der Waals surface area contributed by atoms with Gasteiger partial charge in [0.05, 0.1) is 16.7 Å². The first-order valence-corrected chi connectivity index (χ1v) is 9.50. The molecule has 2 aromatic rings. The zero-order valence-corrected chi connectivity index (χ0v) is 15.8. The van der Waals surface area contributed by atoms with Crippen LogP contribution in [0.4, 0.5) is 15.8 Å². The lowest BCUT2D eigenvalue weighted by Crippen LogP contribution is -2.31. The second kappa shape index (κ2) is 7.92. The van der Waals surface area contributed by atoms with Crippen molar-refractivity contribution in [2.75, 3.05) is 16.0 Å². The lowest BCUT2D eigenvalue weighted by molar-refractivity contribution is -0.121. The number of nitrogens with zero attached hydrogens (tertiary/aromatic N) is 1. The largest absolute Gasteiger partial charge is 0.325 e. The van der Waals surface area contributed by atoms with Crippen LogP contribution in [0.15, 0.2) is 42.5 Å². The van der Waals surface area contributed by atoms with E-state index < -0.39 is 11.1 Å². The Bertz CT molecular complexity index is 878. The van der Waals surface area contributed by atoms with E-state index >= 15 is 0 Å². The third kappa shape index (κ3) is 4.54.